The number of likely N-dealkylation sites (N-methyl/N-ethyl adjacent to an activating group) is 1. The van der Waals surface area contributed by atoms with Crippen molar-refractivity contribution >= 4 is 28.4 Å². The summed E-state index contributed by atoms with van der Waals surface area (Å²) in [6, 6.07) is 11.3. The van der Waals surface area contributed by atoms with Crippen molar-refractivity contribution in [2.45, 2.75) is 25.7 Å². The summed E-state index contributed by atoms with van der Waals surface area (Å²) in [5, 5.41) is 3.70. The number of H-pyrrole nitrogens is 1. The van der Waals surface area contributed by atoms with Gasteiger partial charge in [0.2, 0.25) is 5.91 Å². The molecule has 2 amide bonds. The van der Waals surface area contributed by atoms with Gasteiger partial charge in [0.1, 0.15) is 5.82 Å². The third kappa shape index (κ3) is 3.63. The van der Waals surface area contributed by atoms with Crippen LogP contribution in [0.4, 0.5) is 10.1 Å². The number of benzene rings is 2. The second-order valence-corrected chi connectivity index (χ2v) is 7.27. The molecule has 6 heteroatoms. The number of carbonyl (C=O) groups excluding carboxylic acids is 2. The van der Waals surface area contributed by atoms with Gasteiger partial charge >= 0.3 is 0 Å². The summed E-state index contributed by atoms with van der Waals surface area (Å²) in [6.07, 6.45) is 4.43. The third-order valence-corrected chi connectivity index (χ3v) is 5.18. The van der Waals surface area contributed by atoms with Crippen molar-refractivity contribution < 1.29 is 14.0 Å². The zero-order valence-electron chi connectivity index (χ0n) is 15.7. The highest BCUT2D eigenvalue weighted by Gasteiger charge is 2.19. The maximum atomic E-state index is 13.2. The van der Waals surface area contributed by atoms with Gasteiger partial charge in [-0.2, -0.15) is 0 Å². The normalized spacial score (nSPS) is 13.2. The van der Waals surface area contributed by atoms with Crippen LogP contribution in [0.2, 0.25) is 0 Å². The van der Waals surface area contributed by atoms with Crippen molar-refractivity contribution in [3.8, 4) is 0 Å². The van der Waals surface area contributed by atoms with Gasteiger partial charge in [-0.1, -0.05) is 6.07 Å². The number of hydrogen-bond donors (Lipinski definition) is 2. The summed E-state index contributed by atoms with van der Waals surface area (Å²) in [4.78, 5) is 29.8. The number of halogens is 1. The molecule has 0 atom stereocenters. The van der Waals surface area contributed by atoms with Crippen LogP contribution in [0.3, 0.4) is 0 Å². The Hall–Kier alpha value is -3.15. The maximum absolute atomic E-state index is 13.2. The molecule has 0 spiro atoms. The number of carbonyl (C=O) groups is 2. The standard InChI is InChI=1S/C22H22FN3O2/c1-26(13-21(27)24-16-6-4-5-15(23)12-16)22(28)14-9-10-20-18(11-14)17-7-2-3-8-19(17)25-20/h4-6,9-12,25H,2-3,7-8,13H2,1H3,(H,24,27). The molecule has 2 aromatic carbocycles. The molecular formula is C22H22FN3O2. The zero-order chi connectivity index (χ0) is 19.7. The molecule has 0 saturated heterocycles. The average molecular weight is 379 g/mol. The van der Waals surface area contributed by atoms with E-state index in [1.165, 1.54) is 40.8 Å². The molecule has 1 aromatic heterocycles. The molecular weight excluding hydrogens is 357 g/mol. The molecule has 2 N–H and O–H groups in total. The molecule has 5 nitrogen and oxygen atoms in total. The first-order valence-corrected chi connectivity index (χ1v) is 9.45. The second-order valence-electron chi connectivity index (χ2n) is 7.27. The van der Waals surface area contributed by atoms with Gasteiger partial charge < -0.3 is 15.2 Å². The van der Waals surface area contributed by atoms with E-state index in [2.05, 4.69) is 10.3 Å². The Labute approximate surface area is 162 Å². The highest BCUT2D eigenvalue weighted by atomic mass is 19.1. The van der Waals surface area contributed by atoms with Gasteiger partial charge in [-0.15, -0.1) is 0 Å². The fourth-order valence-corrected chi connectivity index (χ4v) is 3.81. The Bertz CT molecular complexity index is 1060. The number of amides is 2. The van der Waals surface area contributed by atoms with E-state index in [9.17, 15) is 14.0 Å². The quantitative estimate of drug-likeness (QED) is 0.722. The van der Waals surface area contributed by atoms with E-state index in [0.29, 0.717) is 11.3 Å². The molecule has 4 rings (SSSR count). The Kier molecular flexibility index (Phi) is 4.86. The summed E-state index contributed by atoms with van der Waals surface area (Å²) in [5.41, 5.74) is 4.55. The molecule has 1 aliphatic carbocycles. The van der Waals surface area contributed by atoms with Gasteiger partial charge in [0.05, 0.1) is 6.54 Å². The van der Waals surface area contributed by atoms with Crippen LogP contribution in [0, 0.1) is 5.82 Å². The van der Waals surface area contributed by atoms with Crippen LogP contribution in [-0.2, 0) is 17.6 Å². The first-order valence-electron chi connectivity index (χ1n) is 9.45. The number of aromatic nitrogens is 1. The lowest BCUT2D eigenvalue weighted by molar-refractivity contribution is -0.116. The Morgan fingerprint density at radius 1 is 1.14 bits per heavy atom. The maximum Gasteiger partial charge on any atom is 0.254 e. The molecule has 0 fully saturated rings. The molecule has 1 heterocycles. The SMILES string of the molecule is CN(CC(=O)Nc1cccc(F)c1)C(=O)c1ccc2[nH]c3c(c2c1)CCCC3. The topological polar surface area (TPSA) is 65.2 Å². The number of aryl methyl sites for hydroxylation is 2. The van der Waals surface area contributed by atoms with Crippen molar-refractivity contribution in [3.63, 3.8) is 0 Å². The van der Waals surface area contributed by atoms with E-state index >= 15 is 0 Å². The van der Waals surface area contributed by atoms with Gasteiger partial charge in [0, 0.05) is 34.9 Å². The van der Waals surface area contributed by atoms with Crippen LogP contribution >= 0.6 is 0 Å². The molecule has 0 unspecified atom stereocenters. The average Bonchev–Trinajstić information content (AvgIpc) is 3.05. The van der Waals surface area contributed by atoms with Crippen molar-refractivity contribution in [3.05, 3.63) is 65.1 Å². The highest BCUT2D eigenvalue weighted by molar-refractivity contribution is 6.01. The van der Waals surface area contributed by atoms with Crippen molar-refractivity contribution in [1.29, 1.82) is 0 Å². The minimum Gasteiger partial charge on any atom is -0.358 e. The van der Waals surface area contributed by atoms with E-state index in [1.807, 2.05) is 12.1 Å². The molecule has 1 aliphatic rings. The molecule has 0 bridgehead atoms. The largest absolute Gasteiger partial charge is 0.358 e. The molecule has 0 aliphatic heterocycles. The lowest BCUT2D eigenvalue weighted by Gasteiger charge is -2.17. The lowest BCUT2D eigenvalue weighted by Crippen LogP contribution is -2.34. The van der Waals surface area contributed by atoms with Gasteiger partial charge in [-0.3, -0.25) is 9.59 Å². The van der Waals surface area contributed by atoms with Gasteiger partial charge in [0.15, 0.2) is 0 Å². The number of fused-ring (bicyclic) bond motifs is 3. The smallest absolute Gasteiger partial charge is 0.254 e. The van der Waals surface area contributed by atoms with Crippen LogP contribution in [0.15, 0.2) is 42.5 Å². The molecule has 144 valence electrons. The summed E-state index contributed by atoms with van der Waals surface area (Å²) in [7, 11) is 1.59. The fraction of sp³-hybridized carbons (Fsp3) is 0.273. The minimum absolute atomic E-state index is 0.112. The number of aromatic amines is 1. The third-order valence-electron chi connectivity index (χ3n) is 5.18. The van der Waals surface area contributed by atoms with E-state index in [1.54, 1.807) is 19.2 Å². The monoisotopic (exact) mass is 379 g/mol. The van der Waals surface area contributed by atoms with Crippen LogP contribution < -0.4 is 5.32 Å². The first kappa shape index (κ1) is 18.2. The van der Waals surface area contributed by atoms with E-state index in [-0.39, 0.29) is 18.4 Å². The second kappa shape index (κ2) is 7.46. The van der Waals surface area contributed by atoms with Crippen LogP contribution in [0.5, 0.6) is 0 Å². The van der Waals surface area contributed by atoms with Gasteiger partial charge in [-0.25, -0.2) is 4.39 Å². The molecule has 3 aromatic rings. The highest BCUT2D eigenvalue weighted by Crippen LogP contribution is 2.29. The Balaban J connectivity index is 1.48. The van der Waals surface area contributed by atoms with Crippen molar-refractivity contribution in [2.24, 2.45) is 0 Å². The van der Waals surface area contributed by atoms with Crippen LogP contribution in [0.25, 0.3) is 10.9 Å². The van der Waals surface area contributed by atoms with Crippen molar-refractivity contribution in [2.75, 3.05) is 18.9 Å². The molecule has 0 radical (unpaired) electrons. The lowest BCUT2D eigenvalue weighted by atomic mass is 9.95. The van der Waals surface area contributed by atoms with E-state index < -0.39 is 5.82 Å². The number of nitrogens with zero attached hydrogens (tertiary/aromatic N) is 1. The summed E-state index contributed by atoms with van der Waals surface area (Å²) >= 11 is 0. The molecule has 28 heavy (non-hydrogen) atoms. The predicted octanol–water partition coefficient (Wildman–Crippen LogP) is 3.90. The minimum atomic E-state index is -0.426. The van der Waals surface area contributed by atoms with Crippen LogP contribution in [0.1, 0.15) is 34.5 Å². The zero-order valence-corrected chi connectivity index (χ0v) is 15.7. The summed E-state index contributed by atoms with van der Waals surface area (Å²) in [6.45, 7) is -0.112. The Morgan fingerprint density at radius 2 is 1.96 bits per heavy atom. The van der Waals surface area contributed by atoms with Gasteiger partial charge in [-0.05, 0) is 67.6 Å². The number of anilines is 1. The number of rotatable bonds is 4. The first-order chi connectivity index (χ1) is 13.5. The number of hydrogen-bond acceptors (Lipinski definition) is 2. The predicted molar refractivity (Wildman–Crippen MR) is 107 cm³/mol. The van der Waals surface area contributed by atoms with Gasteiger partial charge in [0.25, 0.3) is 5.91 Å². The Morgan fingerprint density at radius 3 is 2.79 bits per heavy atom. The fourth-order valence-electron chi connectivity index (χ4n) is 3.81. The van der Waals surface area contributed by atoms with E-state index in [0.717, 1.165) is 30.2 Å². The van der Waals surface area contributed by atoms with Crippen molar-refractivity contribution in [1.82, 2.24) is 9.88 Å². The molecule has 0 saturated carbocycles. The number of nitrogens with one attached hydrogen (secondary N) is 2. The summed E-state index contributed by atoms with van der Waals surface area (Å²) in [5.74, 6) is -1.02. The van der Waals surface area contributed by atoms with Crippen LogP contribution in [-0.4, -0.2) is 35.3 Å². The van der Waals surface area contributed by atoms with E-state index in [4.69, 9.17) is 0 Å². The summed E-state index contributed by atoms with van der Waals surface area (Å²) < 4.78 is 13.2.